The minimum Gasteiger partial charge on any atom is -1.00 e. The molecule has 0 aromatic carbocycles. The van der Waals surface area contributed by atoms with E-state index in [9.17, 15) is 0 Å². The second kappa shape index (κ2) is 14.4. The van der Waals surface area contributed by atoms with Gasteiger partial charge in [0.1, 0.15) is 0 Å². The van der Waals surface area contributed by atoms with Crippen LogP contribution in [0.2, 0.25) is 39.3 Å². The van der Waals surface area contributed by atoms with Crippen LogP contribution in [0.1, 0.15) is 38.5 Å². The molecule has 0 bridgehead atoms. The zero-order valence-electron chi connectivity index (χ0n) is 23.3. The molecule has 0 spiro atoms. The fourth-order valence-corrected chi connectivity index (χ4v) is 8.92. The second-order valence-electron chi connectivity index (χ2n) is 13.0. The van der Waals surface area contributed by atoms with Crippen molar-refractivity contribution in [2.45, 2.75) is 77.8 Å². The molecule has 2 fully saturated rings. The van der Waals surface area contributed by atoms with Crippen molar-refractivity contribution in [2.75, 3.05) is 13.2 Å². The first-order valence-corrected chi connectivity index (χ1v) is 20.4. The summed E-state index contributed by atoms with van der Waals surface area (Å²) in [5.74, 6) is 4.32. The van der Waals surface area contributed by atoms with Crippen molar-refractivity contribution < 1.29 is 59.9 Å². The third-order valence-electron chi connectivity index (χ3n) is 8.83. The molecule has 0 saturated heterocycles. The van der Waals surface area contributed by atoms with Crippen LogP contribution in [0, 0.1) is 40.9 Å². The topological polar surface area (TPSA) is 18.5 Å². The zero-order chi connectivity index (χ0) is 23.7. The molecular weight excluding hydrogens is 599 g/mol. The van der Waals surface area contributed by atoms with Crippen molar-refractivity contribution in [3.8, 4) is 0 Å². The van der Waals surface area contributed by atoms with Gasteiger partial charge in [0.25, 0.3) is 0 Å². The van der Waals surface area contributed by atoms with E-state index in [0.717, 1.165) is 36.9 Å². The van der Waals surface area contributed by atoms with Crippen molar-refractivity contribution >= 4 is 16.6 Å². The summed E-state index contributed by atoms with van der Waals surface area (Å²) < 4.78 is 13.1. The number of fused-ring (bicyclic) bond motifs is 2. The van der Waals surface area contributed by atoms with E-state index < -0.39 is 16.6 Å². The fourth-order valence-electron chi connectivity index (χ4n) is 7.49. The van der Waals surface area contributed by atoms with Gasteiger partial charge in [0.15, 0.2) is 16.6 Å². The Morgan fingerprint density at radius 2 is 0.972 bits per heavy atom. The van der Waals surface area contributed by atoms with E-state index in [0.29, 0.717) is 17.3 Å². The maximum Gasteiger partial charge on any atom is 2.00 e. The molecule has 0 aromatic rings. The molecule has 0 radical (unpaired) electrons. The average Bonchev–Trinajstić information content (AvgIpc) is 3.36. The minimum atomic E-state index is -1.54. The van der Waals surface area contributed by atoms with E-state index in [1.54, 1.807) is 0 Å². The third kappa shape index (κ3) is 8.39. The van der Waals surface area contributed by atoms with Crippen molar-refractivity contribution in [1.29, 1.82) is 0 Å². The molecule has 2 saturated carbocycles. The minimum absolute atomic E-state index is 0. The van der Waals surface area contributed by atoms with Crippen molar-refractivity contribution in [3.05, 3.63) is 48.6 Å². The SMILES string of the molecule is C[Si](C)(C)OCCC(CCO[Si](C)(C)C)(C1CCC2C=CC=CC21)C1CCC2C=CC=CC21.[Cl-].[Cl-].[Zr+2]. The fraction of sp³-hybridized carbons (Fsp3) is 0.724. The molecule has 0 aromatic heterocycles. The number of hydrogen-bond donors (Lipinski definition) is 0. The summed E-state index contributed by atoms with van der Waals surface area (Å²) in [4.78, 5) is 0. The summed E-state index contributed by atoms with van der Waals surface area (Å²) in [7, 11) is -3.08. The molecule has 0 aliphatic heterocycles. The summed E-state index contributed by atoms with van der Waals surface area (Å²) in [5.41, 5.74) is 0.295. The molecule has 4 rings (SSSR count). The van der Waals surface area contributed by atoms with Crippen molar-refractivity contribution in [3.63, 3.8) is 0 Å². The molecule has 6 atom stereocenters. The maximum absolute atomic E-state index is 6.57. The Morgan fingerprint density at radius 1 is 0.611 bits per heavy atom. The van der Waals surface area contributed by atoms with Crippen LogP contribution in [0.15, 0.2) is 48.6 Å². The summed E-state index contributed by atoms with van der Waals surface area (Å²) in [6.45, 7) is 15.9. The zero-order valence-corrected chi connectivity index (χ0v) is 29.3. The number of rotatable bonds is 10. The smallest absolute Gasteiger partial charge is 1.00 e. The summed E-state index contributed by atoms with van der Waals surface area (Å²) >= 11 is 0. The number of hydrogen-bond acceptors (Lipinski definition) is 2. The largest absolute Gasteiger partial charge is 2.00 e. The number of allylic oxidation sites excluding steroid dienone is 8. The van der Waals surface area contributed by atoms with Crippen LogP contribution < -0.4 is 24.8 Å². The molecule has 202 valence electrons. The van der Waals surface area contributed by atoms with Crippen LogP contribution in [0.4, 0.5) is 0 Å². The van der Waals surface area contributed by atoms with Gasteiger partial charge < -0.3 is 33.7 Å². The van der Waals surface area contributed by atoms with Gasteiger partial charge in [-0.1, -0.05) is 48.6 Å². The average molecular weight is 647 g/mol. The van der Waals surface area contributed by atoms with E-state index in [2.05, 4.69) is 87.9 Å². The maximum atomic E-state index is 6.57. The second-order valence-corrected chi connectivity index (χ2v) is 22.1. The molecule has 7 heteroatoms. The summed E-state index contributed by atoms with van der Waals surface area (Å²) in [6.07, 6.45) is 27.1. The Hall–Kier alpha value is 0.777. The van der Waals surface area contributed by atoms with Crippen molar-refractivity contribution in [2.24, 2.45) is 40.9 Å². The van der Waals surface area contributed by atoms with Crippen LogP contribution in [0.25, 0.3) is 0 Å². The van der Waals surface area contributed by atoms with E-state index in [-0.39, 0.29) is 51.0 Å². The van der Waals surface area contributed by atoms with Gasteiger partial charge in [0.05, 0.1) is 0 Å². The Kier molecular flexibility index (Phi) is 13.9. The van der Waals surface area contributed by atoms with Gasteiger partial charge in [-0.25, -0.2) is 0 Å². The van der Waals surface area contributed by atoms with E-state index in [4.69, 9.17) is 8.85 Å². The molecule has 4 aliphatic carbocycles. The Bertz CT molecular complexity index is 734. The van der Waals surface area contributed by atoms with E-state index in [1.165, 1.54) is 38.5 Å². The molecule has 36 heavy (non-hydrogen) atoms. The first kappa shape index (κ1) is 34.8. The van der Waals surface area contributed by atoms with Gasteiger partial charge in [-0.05, 0) is 119 Å². The predicted molar refractivity (Wildman–Crippen MR) is 146 cm³/mol. The van der Waals surface area contributed by atoms with Gasteiger partial charge >= 0.3 is 26.2 Å². The van der Waals surface area contributed by atoms with E-state index >= 15 is 0 Å². The van der Waals surface area contributed by atoms with Crippen LogP contribution in [0.5, 0.6) is 0 Å². The first-order valence-electron chi connectivity index (χ1n) is 13.6. The number of halogens is 2. The van der Waals surface area contributed by atoms with Crippen LogP contribution >= 0.6 is 0 Å². The van der Waals surface area contributed by atoms with Gasteiger partial charge in [0, 0.05) is 13.2 Å². The quantitative estimate of drug-likeness (QED) is 0.339. The van der Waals surface area contributed by atoms with Gasteiger partial charge in [0.2, 0.25) is 0 Å². The van der Waals surface area contributed by atoms with Crippen LogP contribution in [-0.4, -0.2) is 29.8 Å². The standard InChI is InChI=1S/C29H48O2Si2.2ClH.Zr/c1-32(2,3)30-21-19-29(20-22-31-33(4,5)6,27-17-15-23-11-7-9-13-25(23)27)28-18-16-24-12-8-10-14-26(24)28;;;/h7-14,23-28H,15-22H2,1-6H3;2*1H;/q;;;+2/p-2. The molecular formula is C29H48Cl2O2Si2Zr. The molecule has 0 N–H and O–H groups in total. The van der Waals surface area contributed by atoms with E-state index in [1.807, 2.05) is 0 Å². The molecule has 4 aliphatic rings. The molecule has 0 heterocycles. The Morgan fingerprint density at radius 3 is 1.33 bits per heavy atom. The normalized spacial score (nSPS) is 30.7. The Labute approximate surface area is 255 Å². The monoisotopic (exact) mass is 644 g/mol. The summed E-state index contributed by atoms with van der Waals surface area (Å²) in [5, 5.41) is 0. The molecule has 0 amide bonds. The molecule has 2 nitrogen and oxygen atoms in total. The predicted octanol–water partition coefficient (Wildman–Crippen LogP) is 2.00. The van der Waals surface area contributed by atoms with Crippen LogP contribution in [-0.2, 0) is 35.1 Å². The van der Waals surface area contributed by atoms with Gasteiger partial charge in [-0.3, -0.25) is 0 Å². The first-order chi connectivity index (χ1) is 15.6. The van der Waals surface area contributed by atoms with Gasteiger partial charge in [-0.2, -0.15) is 0 Å². The van der Waals surface area contributed by atoms with Gasteiger partial charge in [-0.15, -0.1) is 0 Å². The third-order valence-corrected chi connectivity index (χ3v) is 11.0. The molecule has 6 unspecified atom stereocenters. The van der Waals surface area contributed by atoms with Crippen LogP contribution in [0.3, 0.4) is 0 Å². The summed E-state index contributed by atoms with van der Waals surface area (Å²) in [6, 6.07) is 0. The Balaban J connectivity index is 0.00000216. The van der Waals surface area contributed by atoms with Crippen molar-refractivity contribution in [1.82, 2.24) is 0 Å².